The van der Waals surface area contributed by atoms with E-state index in [0.29, 0.717) is 23.5 Å². The molecule has 0 saturated carbocycles. The number of hydrogen-bond acceptors (Lipinski definition) is 1. The van der Waals surface area contributed by atoms with Crippen LogP contribution in [-0.4, -0.2) is 5.11 Å². The molecule has 0 fully saturated rings. The second-order valence-electron chi connectivity index (χ2n) is 4.61. The first kappa shape index (κ1) is 11.1. The Hall–Kier alpha value is -0.980. The maximum absolute atomic E-state index is 9.43. The van der Waals surface area contributed by atoms with Gasteiger partial charge in [-0.2, -0.15) is 0 Å². The lowest BCUT2D eigenvalue weighted by atomic mass is 9.80. The Morgan fingerprint density at radius 2 is 1.57 bits per heavy atom. The number of rotatable bonds is 3. The van der Waals surface area contributed by atoms with Crippen molar-refractivity contribution in [3.63, 3.8) is 0 Å². The third-order valence-electron chi connectivity index (χ3n) is 2.69. The van der Waals surface area contributed by atoms with E-state index in [1.54, 1.807) is 6.07 Å². The molecule has 1 rings (SSSR count). The number of hydrogen-bond donors (Lipinski definition) is 1. The minimum Gasteiger partial charge on any atom is -0.508 e. The molecule has 0 radical (unpaired) electrons. The summed E-state index contributed by atoms with van der Waals surface area (Å²) in [5.41, 5.74) is 1.25. The molecule has 1 N–H and O–H groups in total. The van der Waals surface area contributed by atoms with Gasteiger partial charge in [0.1, 0.15) is 5.75 Å². The number of phenolic OH excluding ortho intramolecular Hbond substituents is 1. The Morgan fingerprint density at radius 3 is 2.00 bits per heavy atom. The zero-order chi connectivity index (χ0) is 10.7. The van der Waals surface area contributed by atoms with E-state index < -0.39 is 0 Å². The van der Waals surface area contributed by atoms with Crippen LogP contribution in [0.5, 0.6) is 5.75 Å². The van der Waals surface area contributed by atoms with Gasteiger partial charge in [0.05, 0.1) is 0 Å². The molecule has 1 aromatic rings. The number of benzene rings is 1. The normalized spacial score (nSPS) is 11.6. The summed E-state index contributed by atoms with van der Waals surface area (Å²) in [4.78, 5) is 0. The van der Waals surface area contributed by atoms with Crippen molar-refractivity contribution in [3.05, 3.63) is 29.8 Å². The van der Waals surface area contributed by atoms with Crippen molar-refractivity contribution in [1.82, 2.24) is 0 Å². The van der Waals surface area contributed by atoms with Crippen LogP contribution in [0.4, 0.5) is 0 Å². The first-order chi connectivity index (χ1) is 6.52. The fourth-order valence-corrected chi connectivity index (χ4v) is 2.27. The molecule has 1 aromatic carbocycles. The van der Waals surface area contributed by atoms with Crippen LogP contribution in [0.2, 0.25) is 0 Å². The van der Waals surface area contributed by atoms with E-state index in [0.717, 1.165) is 0 Å². The van der Waals surface area contributed by atoms with Gasteiger partial charge in [-0.3, -0.25) is 0 Å². The molecule has 14 heavy (non-hydrogen) atoms. The largest absolute Gasteiger partial charge is 0.508 e. The summed E-state index contributed by atoms with van der Waals surface area (Å²) in [5.74, 6) is 2.12. The van der Waals surface area contributed by atoms with Gasteiger partial charge in [-0.05, 0) is 35.4 Å². The lowest BCUT2D eigenvalue weighted by Crippen LogP contribution is -2.13. The molecule has 78 valence electrons. The molecule has 0 aromatic heterocycles. The van der Waals surface area contributed by atoms with E-state index in [-0.39, 0.29) is 0 Å². The topological polar surface area (TPSA) is 20.2 Å². The van der Waals surface area contributed by atoms with Gasteiger partial charge in [0.15, 0.2) is 0 Å². The minimum atomic E-state index is 0.369. The quantitative estimate of drug-likeness (QED) is 0.772. The smallest absolute Gasteiger partial charge is 0.115 e. The summed E-state index contributed by atoms with van der Waals surface area (Å²) in [7, 11) is 0. The van der Waals surface area contributed by atoms with Crippen LogP contribution in [0.3, 0.4) is 0 Å². The van der Waals surface area contributed by atoms with Gasteiger partial charge in [0.25, 0.3) is 0 Å². The first-order valence-corrected chi connectivity index (χ1v) is 5.31. The molecule has 0 spiro atoms. The zero-order valence-corrected chi connectivity index (χ0v) is 9.49. The number of phenols is 1. The van der Waals surface area contributed by atoms with Crippen LogP contribution in [0.25, 0.3) is 0 Å². The molecular formula is C13H20O. The molecule has 0 unspecified atom stereocenters. The molecule has 0 aliphatic heterocycles. The highest BCUT2D eigenvalue weighted by atomic mass is 16.3. The summed E-state index contributed by atoms with van der Waals surface area (Å²) in [6.07, 6.45) is 0. The lowest BCUT2D eigenvalue weighted by Gasteiger charge is -2.25. The molecule has 0 amide bonds. The van der Waals surface area contributed by atoms with E-state index in [9.17, 15) is 5.11 Å². The van der Waals surface area contributed by atoms with Crippen molar-refractivity contribution in [2.45, 2.75) is 33.6 Å². The van der Waals surface area contributed by atoms with Crippen molar-refractivity contribution in [1.29, 1.82) is 0 Å². The second kappa shape index (κ2) is 4.50. The highest BCUT2D eigenvalue weighted by Crippen LogP contribution is 2.32. The van der Waals surface area contributed by atoms with Crippen LogP contribution < -0.4 is 0 Å². The van der Waals surface area contributed by atoms with Crippen LogP contribution in [0.1, 0.15) is 39.2 Å². The summed E-state index contributed by atoms with van der Waals surface area (Å²) in [6.45, 7) is 8.92. The monoisotopic (exact) mass is 192 g/mol. The predicted molar refractivity (Wildman–Crippen MR) is 60.5 cm³/mol. The first-order valence-electron chi connectivity index (χ1n) is 5.31. The molecular weight excluding hydrogens is 172 g/mol. The van der Waals surface area contributed by atoms with E-state index >= 15 is 0 Å². The molecule has 0 heterocycles. The average molecular weight is 192 g/mol. The molecule has 1 heteroatoms. The van der Waals surface area contributed by atoms with E-state index in [4.69, 9.17) is 0 Å². The van der Waals surface area contributed by atoms with Gasteiger partial charge in [0, 0.05) is 0 Å². The third-order valence-corrected chi connectivity index (χ3v) is 2.69. The van der Waals surface area contributed by atoms with Gasteiger partial charge in [-0.15, -0.1) is 0 Å². The fraction of sp³-hybridized carbons (Fsp3) is 0.538. The average Bonchev–Trinajstić information content (AvgIpc) is 2.02. The van der Waals surface area contributed by atoms with Gasteiger partial charge < -0.3 is 5.11 Å². The molecule has 1 nitrogen and oxygen atoms in total. The van der Waals surface area contributed by atoms with Crippen molar-refractivity contribution in [2.24, 2.45) is 11.8 Å². The Bertz CT molecular complexity index is 281. The van der Waals surface area contributed by atoms with Crippen LogP contribution in [-0.2, 0) is 0 Å². The van der Waals surface area contributed by atoms with Crippen molar-refractivity contribution < 1.29 is 5.11 Å². The highest BCUT2D eigenvalue weighted by Gasteiger charge is 2.19. The van der Waals surface area contributed by atoms with E-state index in [2.05, 4.69) is 33.8 Å². The zero-order valence-electron chi connectivity index (χ0n) is 9.49. The van der Waals surface area contributed by atoms with Gasteiger partial charge in [-0.1, -0.05) is 39.8 Å². The van der Waals surface area contributed by atoms with Crippen molar-refractivity contribution in [3.8, 4) is 5.75 Å². The fourth-order valence-electron chi connectivity index (χ4n) is 2.27. The Kier molecular flexibility index (Phi) is 3.56. The highest BCUT2D eigenvalue weighted by molar-refractivity contribution is 5.30. The Balaban J connectivity index is 2.99. The van der Waals surface area contributed by atoms with Gasteiger partial charge in [-0.25, -0.2) is 0 Å². The molecule has 0 atom stereocenters. The third kappa shape index (κ3) is 2.50. The van der Waals surface area contributed by atoms with Crippen molar-refractivity contribution in [2.75, 3.05) is 0 Å². The SMILES string of the molecule is CC(C)C(c1cccc(O)c1)C(C)C. The molecule has 0 aliphatic rings. The van der Waals surface area contributed by atoms with Crippen LogP contribution in [0, 0.1) is 11.8 Å². The van der Waals surface area contributed by atoms with Gasteiger partial charge in [0.2, 0.25) is 0 Å². The van der Waals surface area contributed by atoms with E-state index in [1.807, 2.05) is 12.1 Å². The van der Waals surface area contributed by atoms with E-state index in [1.165, 1.54) is 5.56 Å². The summed E-state index contributed by atoms with van der Waals surface area (Å²) in [6, 6.07) is 7.62. The Morgan fingerprint density at radius 1 is 1.00 bits per heavy atom. The molecule has 0 saturated heterocycles. The van der Waals surface area contributed by atoms with Gasteiger partial charge >= 0.3 is 0 Å². The lowest BCUT2D eigenvalue weighted by molar-refractivity contribution is 0.385. The Labute approximate surface area is 86.8 Å². The number of aromatic hydroxyl groups is 1. The molecule has 0 aliphatic carbocycles. The predicted octanol–water partition coefficient (Wildman–Crippen LogP) is 3.79. The summed E-state index contributed by atoms with van der Waals surface area (Å²) < 4.78 is 0. The summed E-state index contributed by atoms with van der Waals surface area (Å²) in [5, 5.41) is 9.43. The second-order valence-corrected chi connectivity index (χ2v) is 4.61. The molecule has 0 bridgehead atoms. The van der Waals surface area contributed by atoms with Crippen LogP contribution in [0.15, 0.2) is 24.3 Å². The summed E-state index contributed by atoms with van der Waals surface area (Å²) >= 11 is 0. The maximum atomic E-state index is 9.43. The van der Waals surface area contributed by atoms with Crippen LogP contribution >= 0.6 is 0 Å². The minimum absolute atomic E-state index is 0.369. The maximum Gasteiger partial charge on any atom is 0.115 e. The van der Waals surface area contributed by atoms with Crippen molar-refractivity contribution >= 4 is 0 Å². The standard InChI is InChI=1S/C13H20O/c1-9(2)13(10(3)4)11-6-5-7-12(14)8-11/h5-10,13-14H,1-4H3.